The minimum atomic E-state index is -4.58. The van der Waals surface area contributed by atoms with Crippen molar-refractivity contribution in [1.29, 1.82) is 0 Å². The van der Waals surface area contributed by atoms with Gasteiger partial charge in [0.2, 0.25) is 21.8 Å². The summed E-state index contributed by atoms with van der Waals surface area (Å²) in [5.74, 6) is -1.41. The topological polar surface area (TPSA) is 119 Å². The van der Waals surface area contributed by atoms with Gasteiger partial charge in [-0.15, -0.1) is 0 Å². The molecule has 0 aromatic heterocycles. The number of amides is 3. The van der Waals surface area contributed by atoms with Gasteiger partial charge in [-0.25, -0.2) is 8.42 Å². The van der Waals surface area contributed by atoms with Crippen LogP contribution in [0.15, 0.2) is 59.5 Å². The van der Waals surface area contributed by atoms with Gasteiger partial charge in [0.25, 0.3) is 5.91 Å². The lowest BCUT2D eigenvalue weighted by molar-refractivity contribution is -0.137. The molecule has 10 nitrogen and oxygen atoms in total. The van der Waals surface area contributed by atoms with Gasteiger partial charge in [0.05, 0.1) is 23.5 Å². The molecule has 2 heterocycles. The van der Waals surface area contributed by atoms with E-state index in [2.05, 4.69) is 10.6 Å². The fourth-order valence-corrected chi connectivity index (χ4v) is 6.13. The minimum absolute atomic E-state index is 0.128. The van der Waals surface area contributed by atoms with E-state index >= 15 is 0 Å². The second kappa shape index (κ2) is 12.4. The predicted molar refractivity (Wildman–Crippen MR) is 139 cm³/mol. The summed E-state index contributed by atoms with van der Waals surface area (Å²) in [6.45, 7) is 1.68. The lowest BCUT2D eigenvalue weighted by Crippen LogP contribution is -2.52. The van der Waals surface area contributed by atoms with Crippen LogP contribution < -0.4 is 10.6 Å². The maximum absolute atomic E-state index is 12.9. The number of benzene rings is 2. The second-order valence-corrected chi connectivity index (χ2v) is 11.6. The SMILES string of the molecule is O=C(CNC(=O)c1cccc(C(F)(F)F)c1)N[C@@H]1CCN(CC(=O)N2CCN(S(=O)(=O)c3ccccc3)CC2)C1. The van der Waals surface area contributed by atoms with E-state index in [-0.39, 0.29) is 55.1 Å². The molecule has 0 saturated carbocycles. The third-order valence-corrected chi connectivity index (χ3v) is 8.74. The van der Waals surface area contributed by atoms with Gasteiger partial charge in [0.1, 0.15) is 0 Å². The molecule has 2 aliphatic heterocycles. The molecule has 4 rings (SSSR count). The van der Waals surface area contributed by atoms with E-state index in [4.69, 9.17) is 0 Å². The summed E-state index contributed by atoms with van der Waals surface area (Å²) in [4.78, 5) is 41.0. The van der Waals surface area contributed by atoms with E-state index in [0.29, 0.717) is 19.5 Å². The van der Waals surface area contributed by atoms with Crippen LogP contribution in [-0.4, -0.2) is 98.6 Å². The molecule has 1 atom stereocenters. The number of nitrogens with one attached hydrogen (secondary N) is 2. The Balaban J connectivity index is 1.18. The summed E-state index contributed by atoms with van der Waals surface area (Å²) in [7, 11) is -3.61. The van der Waals surface area contributed by atoms with Gasteiger partial charge in [0.15, 0.2) is 0 Å². The van der Waals surface area contributed by atoms with E-state index in [1.807, 2.05) is 4.90 Å². The lowest BCUT2D eigenvalue weighted by Gasteiger charge is -2.34. The molecule has 2 fully saturated rings. The molecule has 0 bridgehead atoms. The van der Waals surface area contributed by atoms with Crippen molar-refractivity contribution < 1.29 is 36.0 Å². The monoisotopic (exact) mass is 581 g/mol. The van der Waals surface area contributed by atoms with Crippen LogP contribution in [0.3, 0.4) is 0 Å². The van der Waals surface area contributed by atoms with E-state index in [1.54, 1.807) is 35.2 Å². The number of likely N-dealkylation sites (tertiary alicyclic amines) is 1. The second-order valence-electron chi connectivity index (χ2n) is 9.65. The summed E-state index contributed by atoms with van der Waals surface area (Å²) in [5.41, 5.74) is -1.16. The normalized spacial score (nSPS) is 18.9. The van der Waals surface area contributed by atoms with Crippen molar-refractivity contribution in [3.05, 3.63) is 65.7 Å². The largest absolute Gasteiger partial charge is 0.416 e. The quantitative estimate of drug-likeness (QED) is 0.483. The molecule has 2 aromatic carbocycles. The fourth-order valence-electron chi connectivity index (χ4n) is 4.68. The van der Waals surface area contributed by atoms with Crippen LogP contribution in [-0.2, 0) is 25.8 Å². The van der Waals surface area contributed by atoms with Gasteiger partial charge >= 0.3 is 6.18 Å². The highest BCUT2D eigenvalue weighted by Crippen LogP contribution is 2.29. The molecule has 14 heteroatoms. The van der Waals surface area contributed by atoms with E-state index in [9.17, 15) is 36.0 Å². The Kier molecular flexibility index (Phi) is 9.11. The number of hydrogen-bond donors (Lipinski definition) is 2. The van der Waals surface area contributed by atoms with Crippen molar-refractivity contribution in [2.45, 2.75) is 23.5 Å². The predicted octanol–water partition coefficient (Wildman–Crippen LogP) is 1.16. The number of sulfonamides is 1. The van der Waals surface area contributed by atoms with Gasteiger partial charge in [-0.1, -0.05) is 24.3 Å². The highest BCUT2D eigenvalue weighted by molar-refractivity contribution is 7.89. The molecular formula is C26H30F3N5O5S. The number of alkyl halides is 3. The first-order valence-corrected chi connectivity index (χ1v) is 14.2. The first-order chi connectivity index (χ1) is 18.9. The molecule has 0 spiro atoms. The van der Waals surface area contributed by atoms with Crippen LogP contribution >= 0.6 is 0 Å². The number of carbonyl (C=O) groups excluding carboxylic acids is 3. The number of hydrogen-bond acceptors (Lipinski definition) is 6. The molecule has 0 radical (unpaired) electrons. The third-order valence-electron chi connectivity index (χ3n) is 6.83. The molecule has 0 aliphatic carbocycles. The van der Waals surface area contributed by atoms with Crippen LogP contribution in [0.4, 0.5) is 13.2 Å². The number of carbonyl (C=O) groups is 3. The highest BCUT2D eigenvalue weighted by Gasteiger charge is 2.33. The van der Waals surface area contributed by atoms with Crippen LogP contribution in [0, 0.1) is 0 Å². The van der Waals surface area contributed by atoms with E-state index in [1.165, 1.54) is 10.4 Å². The molecular weight excluding hydrogens is 551 g/mol. The average molecular weight is 582 g/mol. The van der Waals surface area contributed by atoms with Crippen LogP contribution in [0.2, 0.25) is 0 Å². The standard InChI is InChI=1S/C26H30F3N5O5S/c27-26(28,29)20-6-4-5-19(15-20)25(37)30-16-23(35)31-21-9-10-32(17-21)18-24(36)33-11-13-34(14-12-33)40(38,39)22-7-2-1-3-8-22/h1-8,15,21H,9-14,16-18H2,(H,30,37)(H,31,35)/t21-/m1/s1. The summed E-state index contributed by atoms with van der Waals surface area (Å²) in [6.07, 6.45) is -4.00. The lowest BCUT2D eigenvalue weighted by atomic mass is 10.1. The average Bonchev–Trinajstić information content (AvgIpc) is 3.38. The maximum Gasteiger partial charge on any atom is 0.416 e. The molecule has 0 unspecified atom stereocenters. The Morgan fingerprint density at radius 2 is 1.62 bits per heavy atom. The Labute approximate surface area is 230 Å². The Hall–Kier alpha value is -3.49. The molecule has 2 saturated heterocycles. The molecule has 2 N–H and O–H groups in total. The van der Waals surface area contributed by atoms with Crippen molar-refractivity contribution in [2.24, 2.45) is 0 Å². The molecule has 40 heavy (non-hydrogen) atoms. The summed E-state index contributed by atoms with van der Waals surface area (Å²) in [5, 5.41) is 5.09. The number of halogens is 3. The Bertz CT molecular complexity index is 1330. The van der Waals surface area contributed by atoms with Crippen molar-refractivity contribution in [1.82, 2.24) is 24.7 Å². The third kappa shape index (κ3) is 7.37. The van der Waals surface area contributed by atoms with Crippen LogP contribution in [0.1, 0.15) is 22.3 Å². The van der Waals surface area contributed by atoms with E-state index in [0.717, 1.165) is 18.2 Å². The minimum Gasteiger partial charge on any atom is -0.350 e. The fraction of sp³-hybridized carbons (Fsp3) is 0.423. The number of piperazine rings is 1. The molecule has 3 amide bonds. The molecule has 2 aromatic rings. The van der Waals surface area contributed by atoms with Crippen molar-refractivity contribution in [3.8, 4) is 0 Å². The first kappa shape index (κ1) is 29.5. The number of rotatable bonds is 8. The molecule has 216 valence electrons. The van der Waals surface area contributed by atoms with Crippen molar-refractivity contribution >= 4 is 27.7 Å². The smallest absolute Gasteiger partial charge is 0.350 e. The van der Waals surface area contributed by atoms with Gasteiger partial charge in [0, 0.05) is 50.9 Å². The van der Waals surface area contributed by atoms with E-state index < -0.39 is 40.1 Å². The van der Waals surface area contributed by atoms with Gasteiger partial charge in [-0.2, -0.15) is 17.5 Å². The zero-order valence-corrected chi connectivity index (χ0v) is 22.4. The summed E-state index contributed by atoms with van der Waals surface area (Å²) < 4.78 is 65.5. The van der Waals surface area contributed by atoms with Crippen molar-refractivity contribution in [3.63, 3.8) is 0 Å². The first-order valence-electron chi connectivity index (χ1n) is 12.7. The Morgan fingerprint density at radius 1 is 0.925 bits per heavy atom. The zero-order valence-electron chi connectivity index (χ0n) is 21.6. The summed E-state index contributed by atoms with van der Waals surface area (Å²) in [6, 6.07) is 11.8. The van der Waals surface area contributed by atoms with Gasteiger partial charge < -0.3 is 15.5 Å². The molecule has 2 aliphatic rings. The van der Waals surface area contributed by atoms with Gasteiger partial charge in [-0.05, 0) is 36.8 Å². The van der Waals surface area contributed by atoms with Gasteiger partial charge in [-0.3, -0.25) is 19.3 Å². The number of nitrogens with zero attached hydrogens (tertiary/aromatic N) is 3. The zero-order chi connectivity index (χ0) is 28.9. The highest BCUT2D eigenvalue weighted by atomic mass is 32.2. The Morgan fingerprint density at radius 3 is 2.30 bits per heavy atom. The summed E-state index contributed by atoms with van der Waals surface area (Å²) >= 11 is 0. The van der Waals surface area contributed by atoms with Crippen LogP contribution in [0.25, 0.3) is 0 Å². The maximum atomic E-state index is 12.9. The van der Waals surface area contributed by atoms with Crippen molar-refractivity contribution in [2.75, 3.05) is 52.4 Å². The van der Waals surface area contributed by atoms with Crippen LogP contribution in [0.5, 0.6) is 0 Å².